The summed E-state index contributed by atoms with van der Waals surface area (Å²) in [4.78, 5) is 13.2. The van der Waals surface area contributed by atoms with Gasteiger partial charge in [0.15, 0.2) is 18.9 Å². The van der Waals surface area contributed by atoms with Crippen molar-refractivity contribution < 1.29 is 94.5 Å². The van der Waals surface area contributed by atoms with Gasteiger partial charge in [-0.25, -0.2) is 0 Å². The molecule has 19 nitrogen and oxygen atoms in total. The maximum atomic E-state index is 13.2. The molecule has 4 saturated carbocycles. The third-order valence-corrected chi connectivity index (χ3v) is 19.3. The number of aliphatic carboxylic acids is 1. The Morgan fingerprint density at radius 2 is 1.15 bits per heavy atom. The predicted molar refractivity (Wildman–Crippen MR) is 232 cm³/mol. The van der Waals surface area contributed by atoms with Gasteiger partial charge in [0.2, 0.25) is 0 Å². The van der Waals surface area contributed by atoms with Crippen molar-refractivity contribution in [3.05, 3.63) is 11.6 Å². The molecule has 67 heavy (non-hydrogen) atoms. The molecule has 0 aromatic heterocycles. The Bertz CT molecular complexity index is 1830. The summed E-state index contributed by atoms with van der Waals surface area (Å²) in [6.45, 7) is 13.1. The molecule has 3 heterocycles. The van der Waals surface area contributed by atoms with Crippen molar-refractivity contribution in [2.45, 2.75) is 211 Å². The van der Waals surface area contributed by atoms with E-state index in [4.69, 9.17) is 28.4 Å². The van der Waals surface area contributed by atoms with E-state index in [1.807, 2.05) is 13.8 Å². The number of rotatable bonds is 10. The van der Waals surface area contributed by atoms with E-state index in [9.17, 15) is 66.1 Å². The number of allylic oxidation sites excluding steroid dienone is 2. The summed E-state index contributed by atoms with van der Waals surface area (Å²) in [5, 5.41) is 130. The molecule has 8 aliphatic rings. The second-order valence-electron chi connectivity index (χ2n) is 23.6. The Morgan fingerprint density at radius 1 is 0.612 bits per heavy atom. The first-order valence-corrected chi connectivity index (χ1v) is 24.4. The average molecular weight is 959 g/mol. The van der Waals surface area contributed by atoms with Crippen LogP contribution < -0.4 is 0 Å². The van der Waals surface area contributed by atoms with Crippen LogP contribution in [0.25, 0.3) is 0 Å². The van der Waals surface area contributed by atoms with E-state index < -0.39 is 146 Å². The van der Waals surface area contributed by atoms with Crippen molar-refractivity contribution in [1.29, 1.82) is 0 Å². The molecule has 24 atom stereocenters. The molecule has 0 radical (unpaired) electrons. The maximum Gasteiger partial charge on any atom is 0.310 e. The smallest absolute Gasteiger partial charge is 0.310 e. The molecular formula is C48H78O19. The van der Waals surface area contributed by atoms with E-state index >= 15 is 0 Å². The van der Waals surface area contributed by atoms with Crippen molar-refractivity contribution in [1.82, 2.24) is 0 Å². The summed E-state index contributed by atoms with van der Waals surface area (Å²) >= 11 is 0. The van der Waals surface area contributed by atoms with Crippen molar-refractivity contribution in [3.8, 4) is 0 Å². The molecular weight excluding hydrogens is 881 g/mol. The Kier molecular flexibility index (Phi) is 14.1. The highest BCUT2D eigenvalue weighted by Crippen LogP contribution is 2.76. The Balaban J connectivity index is 1.09. The second kappa shape index (κ2) is 18.2. The van der Waals surface area contributed by atoms with E-state index in [1.54, 1.807) is 0 Å². The Labute approximate surface area is 392 Å². The van der Waals surface area contributed by atoms with Crippen molar-refractivity contribution >= 4 is 5.97 Å². The first kappa shape index (κ1) is 51.9. The van der Waals surface area contributed by atoms with Crippen molar-refractivity contribution in [2.24, 2.45) is 50.2 Å². The number of ether oxygens (including phenoxy) is 6. The fourth-order valence-electron chi connectivity index (χ4n) is 15.3. The zero-order chi connectivity index (χ0) is 49.1. The fraction of sp³-hybridized carbons (Fsp3) is 0.938. The molecule has 3 aliphatic heterocycles. The lowest BCUT2D eigenvalue weighted by atomic mass is 9.33. The van der Waals surface area contributed by atoms with Crippen molar-refractivity contribution in [2.75, 3.05) is 19.8 Å². The van der Waals surface area contributed by atoms with Crippen LogP contribution in [0.5, 0.6) is 0 Å². The van der Waals surface area contributed by atoms with E-state index in [1.165, 1.54) is 5.57 Å². The summed E-state index contributed by atoms with van der Waals surface area (Å²) in [5.74, 6) is -0.671. The van der Waals surface area contributed by atoms with Crippen LogP contribution in [0.3, 0.4) is 0 Å². The molecule has 24 unspecified atom stereocenters. The normalized spacial score (nSPS) is 53.9. The molecule has 0 spiro atoms. The highest BCUT2D eigenvalue weighted by atomic mass is 16.8. The van der Waals surface area contributed by atoms with Crippen LogP contribution in [0.2, 0.25) is 0 Å². The highest BCUT2D eigenvalue weighted by Gasteiger charge is 2.71. The fourth-order valence-corrected chi connectivity index (χ4v) is 15.3. The zero-order valence-electron chi connectivity index (χ0n) is 39.8. The van der Waals surface area contributed by atoms with Gasteiger partial charge in [-0.15, -0.1) is 0 Å². The molecule has 0 amide bonds. The summed E-state index contributed by atoms with van der Waals surface area (Å²) in [6, 6.07) is 0. The molecule has 5 aliphatic carbocycles. The summed E-state index contributed by atoms with van der Waals surface area (Å²) in [5.41, 5.74) is -1.18. The predicted octanol–water partition coefficient (Wildman–Crippen LogP) is -0.323. The standard InChI is InChI=1S/C48H78O19/c1-43(2)12-14-48(42(60)61)15-13-46(6)21(22(48)16-43)8-9-28-45(5)17-23(52)38(44(3,4)27(45)10-11-47(28,46)7)67-41-37(66-40-34(58)32(56)30(54)25(19-50)63-40)35(59)36(26(20-51)64-41)65-39-33(57)31(55)29(53)24(18-49)62-39/h8,22-41,49-59H,9-20H2,1-7H3,(H,60,61). The molecule has 384 valence electrons. The first-order chi connectivity index (χ1) is 31.3. The van der Waals surface area contributed by atoms with Gasteiger partial charge in [0.1, 0.15) is 73.2 Å². The molecule has 0 bridgehead atoms. The number of carboxylic acids is 1. The number of aliphatic hydroxyl groups is 11. The molecule has 19 heteroatoms. The topological polar surface area (TPSA) is 315 Å². The maximum absolute atomic E-state index is 13.2. The molecule has 0 aromatic rings. The van der Waals surface area contributed by atoms with Crippen molar-refractivity contribution in [3.63, 3.8) is 0 Å². The molecule has 12 N–H and O–H groups in total. The van der Waals surface area contributed by atoms with Gasteiger partial charge in [-0.3, -0.25) is 4.79 Å². The summed E-state index contributed by atoms with van der Waals surface area (Å²) in [7, 11) is 0. The lowest BCUT2D eigenvalue weighted by Crippen LogP contribution is -2.69. The molecule has 3 saturated heterocycles. The van der Waals surface area contributed by atoms with Crippen LogP contribution in [0.15, 0.2) is 11.6 Å². The third-order valence-electron chi connectivity index (χ3n) is 19.3. The number of carboxylic acid groups (broad SMARTS) is 1. The number of hydrogen-bond donors (Lipinski definition) is 12. The zero-order valence-corrected chi connectivity index (χ0v) is 39.8. The molecule has 7 fully saturated rings. The van der Waals surface area contributed by atoms with Crippen LogP contribution >= 0.6 is 0 Å². The largest absolute Gasteiger partial charge is 0.481 e. The van der Waals surface area contributed by atoms with Crippen LogP contribution in [-0.2, 0) is 33.2 Å². The molecule has 8 rings (SSSR count). The third kappa shape index (κ3) is 8.10. The minimum atomic E-state index is -1.93. The lowest BCUT2D eigenvalue weighted by molar-refractivity contribution is -0.398. The van der Waals surface area contributed by atoms with Crippen LogP contribution in [0.1, 0.15) is 106 Å². The van der Waals surface area contributed by atoms with E-state index in [0.29, 0.717) is 19.3 Å². The van der Waals surface area contributed by atoms with Crippen LogP contribution in [0.4, 0.5) is 0 Å². The minimum absolute atomic E-state index is 0.0169. The summed E-state index contributed by atoms with van der Waals surface area (Å²) in [6.07, 6.45) is -19.2. The van der Waals surface area contributed by atoms with Gasteiger partial charge in [-0.1, -0.05) is 60.1 Å². The average Bonchev–Trinajstić information content (AvgIpc) is 3.26. The van der Waals surface area contributed by atoms with E-state index in [0.717, 1.165) is 38.5 Å². The highest BCUT2D eigenvalue weighted by molar-refractivity contribution is 5.76. The molecule has 0 aromatic carbocycles. The summed E-state index contributed by atoms with van der Waals surface area (Å²) < 4.78 is 36.4. The number of carbonyl (C=O) groups is 1. The SMILES string of the molecule is CC1(C)CCC2(C(=O)O)CCC3(C)C(=CCC4C5(C)CC(O)C(OC6OC(CO)C(OC7OC(CO)C(O)C(O)C7O)C(O)C6OC6OC(CO)C(O)C(O)C6O)C(C)(C)C5CCC43C)C2C1. The van der Waals surface area contributed by atoms with Gasteiger partial charge in [0, 0.05) is 0 Å². The number of hydrogen-bond acceptors (Lipinski definition) is 18. The van der Waals surface area contributed by atoms with Gasteiger partial charge in [0.25, 0.3) is 0 Å². The van der Waals surface area contributed by atoms with Gasteiger partial charge in [-0.05, 0) is 103 Å². The van der Waals surface area contributed by atoms with Gasteiger partial charge in [0.05, 0.1) is 37.4 Å². The van der Waals surface area contributed by atoms with Gasteiger partial charge in [-0.2, -0.15) is 0 Å². The van der Waals surface area contributed by atoms with Gasteiger partial charge >= 0.3 is 5.97 Å². The minimum Gasteiger partial charge on any atom is -0.481 e. The second-order valence-corrected chi connectivity index (χ2v) is 23.6. The van der Waals surface area contributed by atoms with Crippen LogP contribution in [0, 0.1) is 50.2 Å². The number of fused-ring (bicyclic) bond motifs is 7. The quantitative estimate of drug-likeness (QED) is 0.0986. The Hall–Kier alpha value is -1.47. The monoisotopic (exact) mass is 959 g/mol. The Morgan fingerprint density at radius 3 is 1.70 bits per heavy atom. The number of aliphatic hydroxyl groups excluding tert-OH is 11. The lowest BCUT2D eigenvalue weighted by Gasteiger charge is -2.71. The van der Waals surface area contributed by atoms with E-state index in [2.05, 4.69) is 40.7 Å². The van der Waals surface area contributed by atoms with E-state index in [-0.39, 0.29) is 34.0 Å². The van der Waals surface area contributed by atoms with Gasteiger partial charge < -0.3 is 89.7 Å². The van der Waals surface area contributed by atoms with Crippen LogP contribution in [-0.4, -0.2) is 191 Å². The first-order valence-electron chi connectivity index (χ1n) is 24.4.